The fourth-order valence-corrected chi connectivity index (χ4v) is 4.63. The molecule has 0 spiro atoms. The Kier molecular flexibility index (Phi) is 4.64. The lowest BCUT2D eigenvalue weighted by atomic mass is 10.0. The maximum absolute atomic E-state index is 12.4. The summed E-state index contributed by atoms with van der Waals surface area (Å²) >= 11 is 1.46. The highest BCUT2D eigenvalue weighted by Gasteiger charge is 2.16. The number of thioether (sulfide) groups is 1. The van der Waals surface area contributed by atoms with Crippen molar-refractivity contribution in [3.05, 3.63) is 46.3 Å². The zero-order valence-electron chi connectivity index (χ0n) is 15.4. The van der Waals surface area contributed by atoms with Crippen molar-refractivity contribution in [3.63, 3.8) is 0 Å². The van der Waals surface area contributed by atoms with Gasteiger partial charge in [-0.05, 0) is 24.5 Å². The molecule has 28 heavy (non-hydrogen) atoms. The van der Waals surface area contributed by atoms with Crippen LogP contribution in [0.2, 0.25) is 0 Å². The van der Waals surface area contributed by atoms with E-state index < -0.39 is 0 Å². The second kappa shape index (κ2) is 7.43. The summed E-state index contributed by atoms with van der Waals surface area (Å²) in [6.45, 7) is 0. The Balaban J connectivity index is 1.29. The van der Waals surface area contributed by atoms with Gasteiger partial charge in [0, 0.05) is 11.8 Å². The van der Waals surface area contributed by atoms with Crippen LogP contribution in [0.15, 0.2) is 38.6 Å². The summed E-state index contributed by atoms with van der Waals surface area (Å²) in [7, 11) is 0. The summed E-state index contributed by atoms with van der Waals surface area (Å²) in [6, 6.07) is 7.54. The number of rotatable bonds is 6. The standard InChI is InChI=1S/C20H21N5O2S/c26-19-18-17(13-7-3-4-8-14(13)27-18)21-16(22-19)11-28-20-23-15(24-25-20)10-9-12-5-1-2-6-12/h3-4,7-8,12H,1-2,5-6,9-11H2,(H,21,22,26)(H,23,24,25). The van der Waals surface area contributed by atoms with Crippen molar-refractivity contribution < 1.29 is 4.42 Å². The lowest BCUT2D eigenvalue weighted by Gasteiger charge is -2.05. The van der Waals surface area contributed by atoms with Crippen molar-refractivity contribution >= 4 is 33.8 Å². The Morgan fingerprint density at radius 2 is 2.00 bits per heavy atom. The number of aryl methyl sites for hydroxylation is 1. The molecule has 0 amide bonds. The maximum Gasteiger partial charge on any atom is 0.294 e. The van der Waals surface area contributed by atoms with Gasteiger partial charge in [0.2, 0.25) is 10.7 Å². The maximum atomic E-state index is 12.4. The van der Waals surface area contributed by atoms with E-state index in [-0.39, 0.29) is 11.1 Å². The van der Waals surface area contributed by atoms with E-state index in [1.165, 1.54) is 43.9 Å². The van der Waals surface area contributed by atoms with Gasteiger partial charge in [0.1, 0.15) is 22.7 Å². The van der Waals surface area contributed by atoms with Gasteiger partial charge in [0.15, 0.2) is 0 Å². The molecule has 3 heterocycles. The molecule has 7 nitrogen and oxygen atoms in total. The molecule has 0 unspecified atom stereocenters. The topological polar surface area (TPSA) is 100 Å². The van der Waals surface area contributed by atoms with Gasteiger partial charge in [-0.1, -0.05) is 49.6 Å². The Morgan fingerprint density at radius 3 is 2.89 bits per heavy atom. The molecular weight excluding hydrogens is 374 g/mol. The smallest absolute Gasteiger partial charge is 0.294 e. The average molecular weight is 395 g/mol. The molecule has 2 N–H and O–H groups in total. The van der Waals surface area contributed by atoms with E-state index in [0.717, 1.165) is 23.5 Å². The van der Waals surface area contributed by atoms with Gasteiger partial charge in [-0.15, -0.1) is 5.10 Å². The van der Waals surface area contributed by atoms with Gasteiger partial charge in [-0.25, -0.2) is 9.97 Å². The molecule has 1 aliphatic rings. The molecule has 4 aromatic rings. The molecule has 0 radical (unpaired) electrons. The number of hydrogen-bond acceptors (Lipinski definition) is 6. The molecule has 1 aliphatic carbocycles. The fourth-order valence-electron chi connectivity index (χ4n) is 3.94. The second-order valence-corrected chi connectivity index (χ2v) is 8.27. The molecule has 0 saturated heterocycles. The van der Waals surface area contributed by atoms with Crippen LogP contribution in [0.3, 0.4) is 0 Å². The fraction of sp³-hybridized carbons (Fsp3) is 0.400. The Labute approximate surface area is 165 Å². The van der Waals surface area contributed by atoms with Crippen LogP contribution in [0.5, 0.6) is 0 Å². The first-order valence-electron chi connectivity index (χ1n) is 9.71. The Morgan fingerprint density at radius 1 is 1.14 bits per heavy atom. The number of fused-ring (bicyclic) bond motifs is 3. The third kappa shape index (κ3) is 3.44. The van der Waals surface area contributed by atoms with Gasteiger partial charge < -0.3 is 9.40 Å². The van der Waals surface area contributed by atoms with Gasteiger partial charge in [0.25, 0.3) is 5.56 Å². The normalized spacial score (nSPS) is 15.1. The van der Waals surface area contributed by atoms with E-state index in [4.69, 9.17) is 4.42 Å². The summed E-state index contributed by atoms with van der Waals surface area (Å²) in [5, 5.41) is 8.86. The predicted molar refractivity (Wildman–Crippen MR) is 108 cm³/mol. The largest absolute Gasteiger partial charge is 0.449 e. The van der Waals surface area contributed by atoms with Crippen LogP contribution < -0.4 is 5.56 Å². The van der Waals surface area contributed by atoms with Gasteiger partial charge in [-0.2, -0.15) is 0 Å². The van der Waals surface area contributed by atoms with Gasteiger partial charge >= 0.3 is 0 Å². The summed E-state index contributed by atoms with van der Waals surface area (Å²) in [5.41, 5.74) is 1.27. The SMILES string of the molecule is O=c1[nH]c(CSc2n[nH]c(CCC3CCCC3)n2)nc2c1oc1ccccc12. The van der Waals surface area contributed by atoms with E-state index in [9.17, 15) is 4.79 Å². The highest BCUT2D eigenvalue weighted by molar-refractivity contribution is 7.98. The average Bonchev–Trinajstić information content (AvgIpc) is 3.45. The van der Waals surface area contributed by atoms with Crippen molar-refractivity contribution in [3.8, 4) is 0 Å². The lowest BCUT2D eigenvalue weighted by molar-refractivity contribution is 0.497. The monoisotopic (exact) mass is 395 g/mol. The molecule has 0 aliphatic heterocycles. The number of nitrogens with zero attached hydrogens (tertiary/aromatic N) is 3. The van der Waals surface area contributed by atoms with E-state index in [0.29, 0.717) is 27.8 Å². The minimum Gasteiger partial charge on any atom is -0.449 e. The summed E-state index contributed by atoms with van der Waals surface area (Å²) in [5.74, 6) is 2.86. The van der Waals surface area contributed by atoms with Crippen LogP contribution in [0, 0.1) is 5.92 Å². The van der Waals surface area contributed by atoms with Crippen LogP contribution in [0.25, 0.3) is 22.1 Å². The number of benzene rings is 1. The van der Waals surface area contributed by atoms with Crippen LogP contribution in [-0.2, 0) is 12.2 Å². The quantitative estimate of drug-likeness (QED) is 0.475. The van der Waals surface area contributed by atoms with Crippen LogP contribution in [0.1, 0.15) is 43.8 Å². The first-order chi connectivity index (χ1) is 13.8. The van der Waals surface area contributed by atoms with Gasteiger partial charge in [-0.3, -0.25) is 9.89 Å². The Hall–Kier alpha value is -2.61. The molecule has 0 atom stereocenters. The number of para-hydroxylation sites is 1. The number of H-pyrrole nitrogens is 2. The zero-order chi connectivity index (χ0) is 18.9. The lowest BCUT2D eigenvalue weighted by Crippen LogP contribution is -2.10. The van der Waals surface area contributed by atoms with Crippen molar-refractivity contribution in [1.29, 1.82) is 0 Å². The summed E-state index contributed by atoms with van der Waals surface area (Å²) < 4.78 is 5.63. The van der Waals surface area contributed by atoms with Crippen LogP contribution in [0.4, 0.5) is 0 Å². The number of furan rings is 1. The summed E-state index contributed by atoms with van der Waals surface area (Å²) in [6.07, 6.45) is 7.55. The molecule has 144 valence electrons. The molecule has 0 bridgehead atoms. The van der Waals surface area contributed by atoms with Gasteiger partial charge in [0.05, 0.1) is 5.75 Å². The number of aromatic nitrogens is 5. The van der Waals surface area contributed by atoms with Crippen molar-refractivity contribution in [2.24, 2.45) is 5.92 Å². The third-order valence-electron chi connectivity index (χ3n) is 5.39. The van der Waals surface area contributed by atoms with Crippen molar-refractivity contribution in [2.45, 2.75) is 49.4 Å². The molecule has 5 rings (SSSR count). The minimum absolute atomic E-state index is 0.260. The number of nitrogens with one attached hydrogen (secondary N) is 2. The van der Waals surface area contributed by atoms with E-state index in [1.54, 1.807) is 0 Å². The van der Waals surface area contributed by atoms with Crippen molar-refractivity contribution in [1.82, 2.24) is 25.1 Å². The molecule has 3 aromatic heterocycles. The summed E-state index contributed by atoms with van der Waals surface area (Å²) in [4.78, 5) is 24.3. The number of aromatic amines is 2. The van der Waals surface area contributed by atoms with E-state index in [1.807, 2.05) is 24.3 Å². The van der Waals surface area contributed by atoms with E-state index in [2.05, 4.69) is 25.1 Å². The van der Waals surface area contributed by atoms with E-state index >= 15 is 0 Å². The van der Waals surface area contributed by atoms with Crippen LogP contribution >= 0.6 is 11.8 Å². The first-order valence-corrected chi connectivity index (χ1v) is 10.7. The Bertz CT molecular complexity index is 1170. The third-order valence-corrected chi connectivity index (χ3v) is 6.25. The first kappa shape index (κ1) is 17.5. The molecule has 1 saturated carbocycles. The highest BCUT2D eigenvalue weighted by Crippen LogP contribution is 2.29. The molecule has 1 aromatic carbocycles. The van der Waals surface area contributed by atoms with Crippen molar-refractivity contribution in [2.75, 3.05) is 0 Å². The predicted octanol–water partition coefficient (Wildman–Crippen LogP) is 4.20. The second-order valence-electron chi connectivity index (χ2n) is 7.33. The zero-order valence-corrected chi connectivity index (χ0v) is 16.2. The molecular formula is C20H21N5O2S. The number of hydrogen-bond donors (Lipinski definition) is 2. The minimum atomic E-state index is -0.260. The molecule has 8 heteroatoms. The van der Waals surface area contributed by atoms with Crippen LogP contribution in [-0.4, -0.2) is 25.1 Å². The molecule has 1 fully saturated rings. The highest BCUT2D eigenvalue weighted by atomic mass is 32.2.